The predicted octanol–water partition coefficient (Wildman–Crippen LogP) is 2.54. The molecular weight excluding hydrogens is 296 g/mol. The van der Waals surface area contributed by atoms with E-state index in [9.17, 15) is 0 Å². The van der Waals surface area contributed by atoms with Gasteiger partial charge in [-0.1, -0.05) is 6.92 Å². The van der Waals surface area contributed by atoms with Gasteiger partial charge >= 0.3 is 0 Å². The van der Waals surface area contributed by atoms with Gasteiger partial charge in [-0.2, -0.15) is 0 Å². The molecule has 2 rings (SSSR count). The summed E-state index contributed by atoms with van der Waals surface area (Å²) < 4.78 is 12.4. The van der Waals surface area contributed by atoms with Crippen LogP contribution in [0.3, 0.4) is 0 Å². The molecule has 1 saturated heterocycles. The van der Waals surface area contributed by atoms with Crippen molar-refractivity contribution >= 4 is 15.9 Å². The van der Waals surface area contributed by atoms with Crippen LogP contribution in [0.25, 0.3) is 0 Å². The summed E-state index contributed by atoms with van der Waals surface area (Å²) in [5.41, 5.74) is 5.94. The summed E-state index contributed by atoms with van der Waals surface area (Å²) in [5.74, 6) is 0.925. The zero-order valence-corrected chi connectivity index (χ0v) is 12.4. The van der Waals surface area contributed by atoms with Crippen molar-refractivity contribution in [3.8, 4) is 0 Å². The van der Waals surface area contributed by atoms with Crippen LogP contribution in [0.2, 0.25) is 0 Å². The maximum absolute atomic E-state index is 5.94. The number of nitrogens with zero attached hydrogens (tertiary/aromatic N) is 1. The van der Waals surface area contributed by atoms with E-state index in [0.29, 0.717) is 12.6 Å². The zero-order chi connectivity index (χ0) is 13.0. The average molecular weight is 317 g/mol. The van der Waals surface area contributed by atoms with Gasteiger partial charge in [-0.3, -0.25) is 4.90 Å². The molecule has 0 bridgehead atoms. The van der Waals surface area contributed by atoms with E-state index in [4.69, 9.17) is 14.9 Å². The fraction of sp³-hybridized carbons (Fsp3) is 0.692. The number of furan rings is 1. The second-order valence-electron chi connectivity index (χ2n) is 4.63. The largest absolute Gasteiger partial charge is 0.466 e. The molecule has 4 nitrogen and oxygen atoms in total. The first-order valence-electron chi connectivity index (χ1n) is 6.54. The molecule has 0 amide bonds. The maximum Gasteiger partial charge on any atom is 0.136 e. The summed E-state index contributed by atoms with van der Waals surface area (Å²) in [6.45, 7) is 5.49. The lowest BCUT2D eigenvalue weighted by atomic mass is 10.1. The van der Waals surface area contributed by atoms with Gasteiger partial charge in [-0.15, -0.1) is 0 Å². The van der Waals surface area contributed by atoms with Crippen LogP contribution in [0.4, 0.5) is 0 Å². The summed E-state index contributed by atoms with van der Waals surface area (Å²) in [6.07, 6.45) is 4.09. The van der Waals surface area contributed by atoms with Gasteiger partial charge in [0.15, 0.2) is 0 Å². The summed E-state index contributed by atoms with van der Waals surface area (Å²) in [5, 5.41) is 0. The summed E-state index contributed by atoms with van der Waals surface area (Å²) in [7, 11) is 0. The van der Waals surface area contributed by atoms with Gasteiger partial charge in [0, 0.05) is 26.2 Å². The maximum atomic E-state index is 5.94. The van der Waals surface area contributed by atoms with Crippen LogP contribution in [-0.2, 0) is 4.74 Å². The molecule has 2 N–H and O–H groups in total. The first kappa shape index (κ1) is 14.1. The molecule has 102 valence electrons. The molecule has 0 radical (unpaired) electrons. The number of hydrogen-bond donors (Lipinski definition) is 1. The predicted molar refractivity (Wildman–Crippen MR) is 74.4 cm³/mol. The molecule has 1 aromatic heterocycles. The molecule has 1 fully saturated rings. The number of rotatable bonds is 4. The molecule has 0 spiro atoms. The summed E-state index contributed by atoms with van der Waals surface area (Å²) in [4.78, 5) is 2.38. The topological polar surface area (TPSA) is 51.6 Å². The van der Waals surface area contributed by atoms with Crippen molar-refractivity contribution in [1.29, 1.82) is 0 Å². The van der Waals surface area contributed by atoms with Gasteiger partial charge in [-0.25, -0.2) is 0 Å². The van der Waals surface area contributed by atoms with Crippen LogP contribution >= 0.6 is 15.9 Å². The van der Waals surface area contributed by atoms with Crippen LogP contribution < -0.4 is 5.73 Å². The van der Waals surface area contributed by atoms with Gasteiger partial charge < -0.3 is 14.9 Å². The molecule has 1 aromatic rings. The Labute approximate surface area is 117 Å². The number of hydrogen-bond acceptors (Lipinski definition) is 4. The van der Waals surface area contributed by atoms with Crippen LogP contribution in [0.15, 0.2) is 21.2 Å². The zero-order valence-electron chi connectivity index (χ0n) is 10.8. The highest BCUT2D eigenvalue weighted by Crippen LogP contribution is 2.29. The van der Waals surface area contributed by atoms with Crippen molar-refractivity contribution in [3.63, 3.8) is 0 Å². The van der Waals surface area contributed by atoms with Crippen molar-refractivity contribution < 1.29 is 9.15 Å². The quantitative estimate of drug-likeness (QED) is 0.927. The third-order valence-corrected chi connectivity index (χ3v) is 4.10. The highest BCUT2D eigenvalue weighted by molar-refractivity contribution is 9.10. The lowest BCUT2D eigenvalue weighted by molar-refractivity contribution is 0.0440. The Bertz CT molecular complexity index is 370. The van der Waals surface area contributed by atoms with E-state index in [1.807, 2.05) is 6.07 Å². The molecule has 2 atom stereocenters. The first-order chi connectivity index (χ1) is 8.76. The highest BCUT2D eigenvalue weighted by Gasteiger charge is 2.27. The van der Waals surface area contributed by atoms with Crippen LogP contribution in [0, 0.1) is 0 Å². The smallest absolute Gasteiger partial charge is 0.136 e. The molecule has 1 aliphatic rings. The minimum absolute atomic E-state index is 0.130. The van der Waals surface area contributed by atoms with E-state index in [1.54, 1.807) is 6.26 Å². The normalized spacial score (nSPS) is 23.8. The van der Waals surface area contributed by atoms with E-state index in [2.05, 4.69) is 27.8 Å². The molecule has 5 heteroatoms. The SMILES string of the molecule is CCC1CN(C(CN)c2occc2Br)CCCO1. The molecule has 0 aromatic carbocycles. The lowest BCUT2D eigenvalue weighted by Gasteiger charge is -2.30. The minimum Gasteiger partial charge on any atom is -0.466 e. The Morgan fingerprint density at radius 2 is 2.44 bits per heavy atom. The first-order valence-corrected chi connectivity index (χ1v) is 7.34. The second kappa shape index (κ2) is 6.70. The molecule has 2 heterocycles. The second-order valence-corrected chi connectivity index (χ2v) is 5.49. The van der Waals surface area contributed by atoms with E-state index < -0.39 is 0 Å². The standard InChI is InChI=1S/C13H21BrN2O2/c1-2-10-9-16(5-3-6-17-10)12(8-15)13-11(14)4-7-18-13/h4,7,10,12H,2-3,5-6,8-9,15H2,1H3. The fourth-order valence-corrected chi connectivity index (χ4v) is 2.88. The average Bonchev–Trinajstić information content (AvgIpc) is 2.67. The van der Waals surface area contributed by atoms with Crippen molar-refractivity contribution in [2.24, 2.45) is 5.73 Å². The Balaban J connectivity index is 2.13. The van der Waals surface area contributed by atoms with Crippen LogP contribution in [-0.4, -0.2) is 37.2 Å². The van der Waals surface area contributed by atoms with Crippen LogP contribution in [0.1, 0.15) is 31.6 Å². The monoisotopic (exact) mass is 316 g/mol. The van der Waals surface area contributed by atoms with Crippen LogP contribution in [0.5, 0.6) is 0 Å². The third-order valence-electron chi connectivity index (χ3n) is 3.45. The Kier molecular flexibility index (Phi) is 5.24. The Morgan fingerprint density at radius 1 is 1.61 bits per heavy atom. The van der Waals surface area contributed by atoms with Crippen molar-refractivity contribution in [2.75, 3.05) is 26.2 Å². The molecule has 2 unspecified atom stereocenters. The minimum atomic E-state index is 0.130. The third kappa shape index (κ3) is 3.15. The highest BCUT2D eigenvalue weighted by atomic mass is 79.9. The van der Waals surface area contributed by atoms with E-state index in [1.165, 1.54) is 0 Å². The van der Waals surface area contributed by atoms with Gasteiger partial charge in [0.25, 0.3) is 0 Å². The Hall–Kier alpha value is -0.360. The fourth-order valence-electron chi connectivity index (χ4n) is 2.42. The molecular formula is C13H21BrN2O2. The van der Waals surface area contributed by atoms with Gasteiger partial charge in [0.1, 0.15) is 5.76 Å². The van der Waals surface area contributed by atoms with Gasteiger partial charge in [-0.05, 0) is 34.8 Å². The summed E-state index contributed by atoms with van der Waals surface area (Å²) in [6, 6.07) is 2.05. The van der Waals surface area contributed by atoms with E-state index >= 15 is 0 Å². The number of nitrogens with two attached hydrogens (primary N) is 1. The van der Waals surface area contributed by atoms with E-state index in [0.717, 1.165) is 42.8 Å². The summed E-state index contributed by atoms with van der Waals surface area (Å²) >= 11 is 3.52. The van der Waals surface area contributed by atoms with E-state index in [-0.39, 0.29) is 6.04 Å². The van der Waals surface area contributed by atoms with Crippen molar-refractivity contribution in [2.45, 2.75) is 31.9 Å². The molecule has 18 heavy (non-hydrogen) atoms. The van der Waals surface area contributed by atoms with Crippen molar-refractivity contribution in [3.05, 3.63) is 22.6 Å². The molecule has 0 saturated carbocycles. The van der Waals surface area contributed by atoms with Gasteiger partial charge in [0.2, 0.25) is 0 Å². The number of halogens is 1. The van der Waals surface area contributed by atoms with Crippen molar-refractivity contribution in [1.82, 2.24) is 4.90 Å². The molecule has 1 aliphatic heterocycles. The molecule has 0 aliphatic carbocycles. The lowest BCUT2D eigenvalue weighted by Crippen LogP contribution is -2.38. The van der Waals surface area contributed by atoms with Gasteiger partial charge in [0.05, 0.1) is 22.9 Å². The number of ether oxygens (including phenoxy) is 1. The Morgan fingerprint density at radius 3 is 3.06 bits per heavy atom.